The molecule has 148 valence electrons. The van der Waals surface area contributed by atoms with E-state index in [-0.39, 0.29) is 0 Å². The van der Waals surface area contributed by atoms with Crippen molar-refractivity contribution in [1.29, 1.82) is 0 Å². The van der Waals surface area contributed by atoms with Gasteiger partial charge >= 0.3 is 0 Å². The summed E-state index contributed by atoms with van der Waals surface area (Å²) >= 11 is 0. The van der Waals surface area contributed by atoms with Crippen LogP contribution in [0.15, 0.2) is 58.8 Å². The minimum absolute atomic E-state index is 0.334. The SMILES string of the molecule is C=C(F)/C(C)=C\c1c(C)oc2c(C(=C)/C=C\C(=C/C)C(C)C)c(C)cc(F)c12. The van der Waals surface area contributed by atoms with E-state index in [9.17, 15) is 8.78 Å². The van der Waals surface area contributed by atoms with Crippen LogP contribution >= 0.6 is 0 Å². The number of halogens is 2. The Labute approximate surface area is 166 Å². The molecule has 28 heavy (non-hydrogen) atoms. The lowest BCUT2D eigenvalue weighted by Gasteiger charge is -2.09. The molecule has 0 aliphatic rings. The normalized spacial score (nSPS) is 13.2. The van der Waals surface area contributed by atoms with E-state index in [4.69, 9.17) is 4.42 Å². The predicted molar refractivity (Wildman–Crippen MR) is 116 cm³/mol. The second-order valence-corrected chi connectivity index (χ2v) is 7.36. The van der Waals surface area contributed by atoms with Crippen LogP contribution in [0.4, 0.5) is 8.78 Å². The fraction of sp³-hybridized carbons (Fsp3) is 0.280. The van der Waals surface area contributed by atoms with Crippen LogP contribution in [0.25, 0.3) is 22.6 Å². The molecule has 0 radical (unpaired) electrons. The van der Waals surface area contributed by atoms with Gasteiger partial charge in [0, 0.05) is 11.1 Å². The van der Waals surface area contributed by atoms with E-state index in [2.05, 4.69) is 33.1 Å². The molecule has 0 aliphatic carbocycles. The summed E-state index contributed by atoms with van der Waals surface area (Å²) in [6, 6.07) is 1.47. The van der Waals surface area contributed by atoms with Gasteiger partial charge in [-0.3, -0.25) is 0 Å². The number of rotatable bonds is 6. The Hall–Kier alpha value is -2.68. The molecule has 0 fully saturated rings. The maximum absolute atomic E-state index is 14.8. The Bertz CT molecular complexity index is 1030. The molecule has 0 saturated heterocycles. The third-order valence-corrected chi connectivity index (χ3v) is 4.92. The lowest BCUT2D eigenvalue weighted by atomic mass is 9.95. The molecule has 0 atom stereocenters. The van der Waals surface area contributed by atoms with Crippen molar-refractivity contribution >= 4 is 22.6 Å². The highest BCUT2D eigenvalue weighted by Gasteiger charge is 2.20. The Balaban J connectivity index is 2.69. The average molecular weight is 382 g/mol. The summed E-state index contributed by atoms with van der Waals surface area (Å²) in [5.74, 6) is -0.0386. The van der Waals surface area contributed by atoms with Crippen molar-refractivity contribution in [2.75, 3.05) is 0 Å². The number of aryl methyl sites for hydroxylation is 2. The minimum atomic E-state index is -0.554. The van der Waals surface area contributed by atoms with Gasteiger partial charge in [-0.15, -0.1) is 0 Å². The van der Waals surface area contributed by atoms with Gasteiger partial charge in [0.1, 0.15) is 23.0 Å². The van der Waals surface area contributed by atoms with Gasteiger partial charge in [-0.05, 0) is 68.0 Å². The maximum atomic E-state index is 14.8. The molecule has 0 unspecified atom stereocenters. The molecule has 2 aromatic rings. The van der Waals surface area contributed by atoms with Gasteiger partial charge < -0.3 is 4.42 Å². The molecule has 1 aromatic heterocycles. The highest BCUT2D eigenvalue weighted by molar-refractivity contribution is 5.99. The fourth-order valence-electron chi connectivity index (χ4n) is 3.25. The maximum Gasteiger partial charge on any atom is 0.145 e. The summed E-state index contributed by atoms with van der Waals surface area (Å²) in [7, 11) is 0. The van der Waals surface area contributed by atoms with Crippen molar-refractivity contribution in [2.24, 2.45) is 5.92 Å². The van der Waals surface area contributed by atoms with Crippen molar-refractivity contribution in [3.8, 4) is 0 Å². The van der Waals surface area contributed by atoms with Crippen molar-refractivity contribution in [3.63, 3.8) is 0 Å². The summed E-state index contributed by atoms with van der Waals surface area (Å²) in [4.78, 5) is 0. The molecule has 1 aromatic carbocycles. The van der Waals surface area contributed by atoms with Gasteiger partial charge in [0.25, 0.3) is 0 Å². The lowest BCUT2D eigenvalue weighted by Crippen LogP contribution is -1.93. The fourth-order valence-corrected chi connectivity index (χ4v) is 3.25. The van der Waals surface area contributed by atoms with Crippen LogP contribution in [0.2, 0.25) is 0 Å². The molecular formula is C25H28F2O. The molecule has 0 aliphatic heterocycles. The minimum Gasteiger partial charge on any atom is -0.460 e. The van der Waals surface area contributed by atoms with Crippen LogP contribution in [0.1, 0.15) is 50.1 Å². The van der Waals surface area contributed by atoms with Gasteiger partial charge in [0.15, 0.2) is 0 Å². The molecule has 0 amide bonds. The van der Waals surface area contributed by atoms with E-state index in [1.807, 2.05) is 26.0 Å². The molecule has 2 rings (SSSR count). The van der Waals surface area contributed by atoms with Crippen molar-refractivity contribution in [2.45, 2.75) is 41.5 Å². The molecule has 0 bridgehead atoms. The molecule has 1 heterocycles. The van der Waals surface area contributed by atoms with Crippen molar-refractivity contribution in [1.82, 2.24) is 0 Å². The summed E-state index contributed by atoms with van der Waals surface area (Å²) < 4.78 is 34.2. The molecule has 3 heteroatoms. The van der Waals surface area contributed by atoms with Crippen LogP contribution in [-0.4, -0.2) is 0 Å². The van der Waals surface area contributed by atoms with Crippen molar-refractivity contribution < 1.29 is 13.2 Å². The monoisotopic (exact) mass is 382 g/mol. The zero-order valence-corrected chi connectivity index (χ0v) is 17.5. The van der Waals surface area contributed by atoms with Gasteiger partial charge in [-0.2, -0.15) is 0 Å². The van der Waals surface area contributed by atoms with E-state index in [1.54, 1.807) is 19.9 Å². The zero-order chi connectivity index (χ0) is 21.2. The summed E-state index contributed by atoms with van der Waals surface area (Å²) in [5, 5.41) is 0.336. The summed E-state index contributed by atoms with van der Waals surface area (Å²) in [5.41, 5.74) is 4.71. The number of benzene rings is 1. The second-order valence-electron chi connectivity index (χ2n) is 7.36. The number of fused-ring (bicyclic) bond motifs is 1. The van der Waals surface area contributed by atoms with E-state index in [0.29, 0.717) is 33.8 Å². The zero-order valence-electron chi connectivity index (χ0n) is 17.5. The lowest BCUT2D eigenvalue weighted by molar-refractivity contribution is 0.574. The molecule has 0 N–H and O–H groups in total. The van der Waals surface area contributed by atoms with Gasteiger partial charge in [0.2, 0.25) is 0 Å². The van der Waals surface area contributed by atoms with Crippen LogP contribution in [0, 0.1) is 25.6 Å². The quantitative estimate of drug-likeness (QED) is 0.458. The largest absolute Gasteiger partial charge is 0.460 e. The van der Waals surface area contributed by atoms with Gasteiger partial charge in [-0.1, -0.05) is 45.2 Å². The molecule has 0 saturated carbocycles. The van der Waals surface area contributed by atoms with E-state index < -0.39 is 11.6 Å². The Morgan fingerprint density at radius 2 is 1.82 bits per heavy atom. The second kappa shape index (κ2) is 8.55. The number of furan rings is 1. The third kappa shape index (κ3) is 4.24. The Morgan fingerprint density at radius 1 is 1.18 bits per heavy atom. The Kier molecular flexibility index (Phi) is 6.60. The molecule has 0 spiro atoms. The highest BCUT2D eigenvalue weighted by Crippen LogP contribution is 2.37. The standard InChI is InChI=1S/C25H28F2O/c1-9-20(14(2)3)11-10-15(4)23-17(6)13-22(27)24-21(12-16(5)18(7)26)19(8)28-25(23)24/h9-14H,4,7H2,1-3,5-6,8H3/b11-10-,16-12-,20-9+. The van der Waals surface area contributed by atoms with Crippen LogP contribution in [0.3, 0.4) is 0 Å². The smallest absolute Gasteiger partial charge is 0.145 e. The van der Waals surface area contributed by atoms with Crippen LogP contribution in [0.5, 0.6) is 0 Å². The topological polar surface area (TPSA) is 13.1 Å². The summed E-state index contributed by atoms with van der Waals surface area (Å²) in [6.45, 7) is 18.9. The van der Waals surface area contributed by atoms with Gasteiger partial charge in [0.05, 0.1) is 5.39 Å². The third-order valence-electron chi connectivity index (χ3n) is 4.92. The Morgan fingerprint density at radius 3 is 2.36 bits per heavy atom. The first-order valence-electron chi connectivity index (χ1n) is 9.37. The first-order valence-corrected chi connectivity index (χ1v) is 9.37. The summed E-state index contributed by atoms with van der Waals surface area (Å²) in [6.07, 6.45) is 7.58. The highest BCUT2D eigenvalue weighted by atomic mass is 19.1. The first-order chi connectivity index (χ1) is 13.1. The molecule has 1 nitrogen and oxygen atoms in total. The number of allylic oxidation sites excluding steroid dienone is 7. The van der Waals surface area contributed by atoms with Crippen molar-refractivity contribution in [3.05, 3.63) is 82.7 Å². The first kappa shape index (κ1) is 21.6. The van der Waals surface area contributed by atoms with E-state index in [0.717, 1.165) is 16.7 Å². The van der Waals surface area contributed by atoms with E-state index >= 15 is 0 Å². The molecular weight excluding hydrogens is 354 g/mol. The average Bonchev–Trinajstić information content (AvgIpc) is 2.91. The van der Waals surface area contributed by atoms with Crippen LogP contribution in [-0.2, 0) is 0 Å². The van der Waals surface area contributed by atoms with Gasteiger partial charge in [-0.25, -0.2) is 8.78 Å². The predicted octanol–water partition coefficient (Wildman–Crippen LogP) is 8.25. The number of hydrogen-bond acceptors (Lipinski definition) is 1. The van der Waals surface area contributed by atoms with E-state index in [1.165, 1.54) is 11.6 Å². The number of hydrogen-bond donors (Lipinski definition) is 0. The van der Waals surface area contributed by atoms with Crippen LogP contribution < -0.4 is 0 Å².